The number of rotatable bonds is 6. The summed E-state index contributed by atoms with van der Waals surface area (Å²) in [5.41, 5.74) is 12.4. The van der Waals surface area contributed by atoms with Crippen LogP contribution in [0.1, 0.15) is 0 Å². The molecule has 10 aromatic carbocycles. The first-order valence-corrected chi connectivity index (χ1v) is 20.9. The van der Waals surface area contributed by atoms with Gasteiger partial charge in [-0.2, -0.15) is 0 Å². The Morgan fingerprint density at radius 1 is 0.322 bits per heavy atom. The van der Waals surface area contributed by atoms with Crippen LogP contribution in [0.5, 0.6) is 0 Å². The molecule has 12 aromatic rings. The van der Waals surface area contributed by atoms with Crippen molar-refractivity contribution in [1.82, 2.24) is 0 Å². The van der Waals surface area contributed by atoms with Crippen LogP contribution in [-0.2, 0) is 0 Å². The Hall–Kier alpha value is -7.46. The third-order valence-corrected chi connectivity index (χ3v) is 13.0. The number of hydrogen-bond donors (Lipinski definition) is 0. The van der Waals surface area contributed by atoms with Gasteiger partial charge in [-0.25, -0.2) is 0 Å². The van der Waals surface area contributed by atoms with E-state index in [9.17, 15) is 0 Å². The lowest BCUT2D eigenvalue weighted by atomic mass is 9.93. The van der Waals surface area contributed by atoms with Gasteiger partial charge >= 0.3 is 0 Å². The van der Waals surface area contributed by atoms with Crippen molar-refractivity contribution in [3.8, 4) is 33.4 Å². The molecule has 0 radical (unpaired) electrons. The first kappa shape index (κ1) is 33.7. The minimum Gasteiger partial charge on any atom is -0.456 e. The molecule has 0 saturated heterocycles. The van der Waals surface area contributed by atoms with Gasteiger partial charge in [0, 0.05) is 48.0 Å². The lowest BCUT2D eigenvalue weighted by Crippen LogP contribution is -2.10. The third-order valence-electron chi connectivity index (χ3n) is 11.8. The van der Waals surface area contributed by atoms with Crippen LogP contribution in [-0.4, -0.2) is 0 Å². The van der Waals surface area contributed by atoms with Gasteiger partial charge in [0.1, 0.15) is 11.2 Å². The second-order valence-corrected chi connectivity index (χ2v) is 16.3. The van der Waals surface area contributed by atoms with Crippen molar-refractivity contribution in [1.29, 1.82) is 0 Å². The van der Waals surface area contributed by atoms with E-state index in [2.05, 4.69) is 205 Å². The maximum Gasteiger partial charge on any atom is 0.135 e. The Bertz CT molecular complexity index is 3550. The monoisotopic (exact) mass is 769 g/mol. The van der Waals surface area contributed by atoms with Gasteiger partial charge in [0.25, 0.3) is 0 Å². The van der Waals surface area contributed by atoms with E-state index < -0.39 is 0 Å². The smallest absolute Gasteiger partial charge is 0.135 e. The molecule has 2 heterocycles. The summed E-state index contributed by atoms with van der Waals surface area (Å²) in [4.78, 5) is 2.42. The third kappa shape index (κ3) is 5.62. The topological polar surface area (TPSA) is 16.4 Å². The molecule has 0 N–H and O–H groups in total. The summed E-state index contributed by atoms with van der Waals surface area (Å²) in [6.45, 7) is 0. The normalized spacial score (nSPS) is 11.7. The molecule has 0 fully saturated rings. The van der Waals surface area contributed by atoms with E-state index in [1.165, 1.54) is 75.1 Å². The molecule has 2 aromatic heterocycles. The number of anilines is 3. The van der Waals surface area contributed by atoms with E-state index in [0.717, 1.165) is 39.0 Å². The van der Waals surface area contributed by atoms with Gasteiger partial charge in [-0.05, 0) is 128 Å². The first-order chi connectivity index (χ1) is 29.2. The van der Waals surface area contributed by atoms with Crippen molar-refractivity contribution in [2.24, 2.45) is 0 Å². The lowest BCUT2D eigenvalue weighted by molar-refractivity contribution is 0.669. The van der Waals surface area contributed by atoms with Crippen LogP contribution in [0.25, 0.3) is 97.0 Å². The molecule has 12 rings (SSSR count). The van der Waals surface area contributed by atoms with Crippen LogP contribution < -0.4 is 4.90 Å². The lowest BCUT2D eigenvalue weighted by Gasteiger charge is -2.26. The number of furan rings is 1. The molecule has 0 aliphatic rings. The number of para-hydroxylation sites is 1. The van der Waals surface area contributed by atoms with Crippen LogP contribution in [0, 0.1) is 0 Å². The molecule has 59 heavy (non-hydrogen) atoms. The Morgan fingerprint density at radius 3 is 1.76 bits per heavy atom. The molecular formula is C56H35NOS. The minimum absolute atomic E-state index is 0.910. The second-order valence-electron chi connectivity index (χ2n) is 15.3. The largest absolute Gasteiger partial charge is 0.456 e. The number of hydrogen-bond acceptors (Lipinski definition) is 3. The Morgan fingerprint density at radius 2 is 0.949 bits per heavy atom. The highest BCUT2D eigenvalue weighted by molar-refractivity contribution is 7.26. The number of thiophene rings is 1. The zero-order valence-electron chi connectivity index (χ0n) is 32.0. The van der Waals surface area contributed by atoms with Crippen LogP contribution in [0.2, 0.25) is 0 Å². The summed E-state index contributed by atoms with van der Waals surface area (Å²) in [6.07, 6.45) is 0. The highest BCUT2D eigenvalue weighted by Gasteiger charge is 2.19. The predicted molar refractivity (Wildman–Crippen MR) is 253 cm³/mol. The second kappa shape index (κ2) is 13.6. The highest BCUT2D eigenvalue weighted by Crippen LogP contribution is 2.46. The first-order valence-electron chi connectivity index (χ1n) is 20.1. The van der Waals surface area contributed by atoms with E-state index >= 15 is 0 Å². The van der Waals surface area contributed by atoms with Crippen LogP contribution in [0.15, 0.2) is 217 Å². The number of fused-ring (bicyclic) bond motifs is 9. The van der Waals surface area contributed by atoms with Gasteiger partial charge in [-0.15, -0.1) is 11.3 Å². The average molecular weight is 770 g/mol. The molecule has 0 aliphatic heterocycles. The number of benzene rings is 10. The predicted octanol–water partition coefficient (Wildman–Crippen LogP) is 16.7. The fraction of sp³-hybridized carbons (Fsp3) is 0. The van der Waals surface area contributed by atoms with Crippen molar-refractivity contribution >= 4 is 92.1 Å². The molecule has 0 saturated carbocycles. The Balaban J connectivity index is 1.06. The van der Waals surface area contributed by atoms with E-state index in [-0.39, 0.29) is 0 Å². The zero-order valence-corrected chi connectivity index (χ0v) is 32.8. The Kier molecular flexibility index (Phi) is 7.75. The van der Waals surface area contributed by atoms with E-state index in [4.69, 9.17) is 4.42 Å². The maximum atomic E-state index is 6.22. The molecule has 0 atom stereocenters. The van der Waals surface area contributed by atoms with Crippen LogP contribution in [0.4, 0.5) is 17.1 Å². The molecule has 0 bridgehead atoms. The number of nitrogens with zero attached hydrogens (tertiary/aromatic N) is 1. The van der Waals surface area contributed by atoms with Gasteiger partial charge in [0.15, 0.2) is 0 Å². The highest BCUT2D eigenvalue weighted by atomic mass is 32.1. The van der Waals surface area contributed by atoms with Crippen molar-refractivity contribution in [3.63, 3.8) is 0 Å². The van der Waals surface area contributed by atoms with Crippen molar-refractivity contribution < 1.29 is 4.42 Å². The van der Waals surface area contributed by atoms with Crippen molar-refractivity contribution in [2.45, 2.75) is 0 Å². The summed E-state index contributed by atoms with van der Waals surface area (Å²) in [5.74, 6) is 0. The van der Waals surface area contributed by atoms with Crippen molar-refractivity contribution in [2.75, 3.05) is 4.90 Å². The molecule has 3 heteroatoms. The minimum atomic E-state index is 0.910. The summed E-state index contributed by atoms with van der Waals surface area (Å²) in [6, 6.07) is 77.1. The maximum absolute atomic E-state index is 6.22. The van der Waals surface area contributed by atoms with E-state index in [1.807, 2.05) is 23.5 Å². The van der Waals surface area contributed by atoms with E-state index in [0.29, 0.717) is 0 Å². The summed E-state index contributed by atoms with van der Waals surface area (Å²) in [7, 11) is 0. The summed E-state index contributed by atoms with van der Waals surface area (Å²) < 4.78 is 8.76. The molecular weight excluding hydrogens is 735 g/mol. The fourth-order valence-electron chi connectivity index (χ4n) is 9.05. The van der Waals surface area contributed by atoms with Gasteiger partial charge in [0.2, 0.25) is 0 Å². The van der Waals surface area contributed by atoms with E-state index in [1.54, 1.807) is 0 Å². The average Bonchev–Trinajstić information content (AvgIpc) is 3.88. The van der Waals surface area contributed by atoms with Crippen LogP contribution in [0.3, 0.4) is 0 Å². The quantitative estimate of drug-likeness (QED) is 0.157. The standard InChI is InChI=1S/C56H35NOS/c1-3-12-36(13-4-1)37-22-26-41(27-23-37)57(42-28-24-40-32-48(38-14-5-2-6-15-38)45-16-7-8-17-46(45)49(40)34-42)43-29-31-54-51(35-43)56-44(19-11-21-55(56)59-54)39-25-30-53-50(33-39)47-18-9-10-20-52(47)58-53/h1-35H. The van der Waals surface area contributed by atoms with Crippen LogP contribution >= 0.6 is 11.3 Å². The van der Waals surface area contributed by atoms with Gasteiger partial charge < -0.3 is 9.32 Å². The molecule has 0 amide bonds. The fourth-order valence-corrected chi connectivity index (χ4v) is 10.2. The molecule has 0 unspecified atom stereocenters. The van der Waals surface area contributed by atoms with Gasteiger partial charge in [0.05, 0.1) is 0 Å². The molecule has 276 valence electrons. The SMILES string of the molecule is c1ccc(-c2ccc(N(c3ccc4cc(-c5ccccc5)c5ccccc5c4c3)c3ccc4sc5cccc(-c6ccc7oc8ccccc8c7c6)c5c4c3)cc2)cc1. The molecule has 2 nitrogen and oxygen atoms in total. The van der Waals surface area contributed by atoms with Gasteiger partial charge in [-0.3, -0.25) is 0 Å². The molecule has 0 spiro atoms. The zero-order chi connectivity index (χ0) is 38.9. The van der Waals surface area contributed by atoms with Crippen molar-refractivity contribution in [3.05, 3.63) is 212 Å². The summed E-state index contributed by atoms with van der Waals surface area (Å²) >= 11 is 1.86. The molecule has 0 aliphatic carbocycles. The van der Waals surface area contributed by atoms with Gasteiger partial charge in [-0.1, -0.05) is 140 Å². The Labute approximate surface area is 345 Å². The summed E-state index contributed by atoms with van der Waals surface area (Å²) in [5, 5.41) is 9.76.